The van der Waals surface area contributed by atoms with Gasteiger partial charge in [-0.15, -0.1) is 17.9 Å². The highest BCUT2D eigenvalue weighted by Gasteiger charge is 2.25. The molecule has 3 aromatic rings. The van der Waals surface area contributed by atoms with Crippen molar-refractivity contribution >= 4 is 32.6 Å². The van der Waals surface area contributed by atoms with Crippen molar-refractivity contribution in [2.24, 2.45) is 0 Å². The standard InChI is InChI=1S/C17H19N3OS.C2H3N/c1-3-11(2)17-19-14-9-18-13-6-8-22-16(13)15(14)20(17)12-5-4-7-21-10-12;1-2-3/h3,6,8-9,11-12H,1,4-5,7,10H2,2H3;1H3/t11?,12-;/m0./s1. The first-order valence-corrected chi connectivity index (χ1v) is 9.34. The summed E-state index contributed by atoms with van der Waals surface area (Å²) < 4.78 is 9.34. The molecule has 6 heteroatoms. The van der Waals surface area contributed by atoms with Gasteiger partial charge in [0.1, 0.15) is 11.3 Å². The average Bonchev–Trinajstić information content (AvgIpc) is 3.26. The molecule has 0 bridgehead atoms. The predicted octanol–water partition coefficient (Wildman–Crippen LogP) is 4.82. The van der Waals surface area contributed by atoms with Crippen LogP contribution in [0, 0.1) is 11.3 Å². The highest BCUT2D eigenvalue weighted by Crippen LogP contribution is 2.35. The van der Waals surface area contributed by atoms with Gasteiger partial charge in [-0.25, -0.2) is 4.98 Å². The van der Waals surface area contributed by atoms with Gasteiger partial charge in [-0.2, -0.15) is 5.26 Å². The van der Waals surface area contributed by atoms with Gasteiger partial charge in [0.25, 0.3) is 0 Å². The first kappa shape index (κ1) is 17.6. The number of nitrogens with zero attached hydrogens (tertiary/aromatic N) is 4. The SMILES string of the molecule is C=CC(C)c1nc2cnc3ccsc3c2n1[C@H]1CCCOC1.CC#N. The predicted molar refractivity (Wildman–Crippen MR) is 102 cm³/mol. The van der Waals surface area contributed by atoms with Crippen LogP contribution in [0.5, 0.6) is 0 Å². The second kappa shape index (κ2) is 7.77. The summed E-state index contributed by atoms with van der Waals surface area (Å²) in [6, 6.07) is 4.17. The zero-order chi connectivity index (χ0) is 17.8. The molecule has 4 rings (SSSR count). The largest absolute Gasteiger partial charge is 0.379 e. The molecule has 0 saturated carbocycles. The van der Waals surface area contributed by atoms with Crippen LogP contribution in [0.4, 0.5) is 0 Å². The Morgan fingerprint density at radius 3 is 3.00 bits per heavy atom. The van der Waals surface area contributed by atoms with Crippen LogP contribution in [0.3, 0.4) is 0 Å². The molecule has 0 radical (unpaired) electrons. The van der Waals surface area contributed by atoms with E-state index >= 15 is 0 Å². The van der Waals surface area contributed by atoms with Crippen molar-refractivity contribution in [1.82, 2.24) is 14.5 Å². The van der Waals surface area contributed by atoms with E-state index in [1.165, 1.54) is 17.1 Å². The monoisotopic (exact) mass is 354 g/mol. The molecule has 130 valence electrons. The smallest absolute Gasteiger partial charge is 0.116 e. The maximum atomic E-state index is 7.32. The summed E-state index contributed by atoms with van der Waals surface area (Å²) in [6.07, 6.45) is 6.09. The first-order valence-electron chi connectivity index (χ1n) is 8.46. The molecular formula is C19H22N4OS. The van der Waals surface area contributed by atoms with Crippen LogP contribution in [0.1, 0.15) is 44.5 Å². The molecular weight excluding hydrogens is 332 g/mol. The van der Waals surface area contributed by atoms with Gasteiger partial charge >= 0.3 is 0 Å². The zero-order valence-corrected chi connectivity index (χ0v) is 15.4. The molecule has 0 aliphatic carbocycles. The van der Waals surface area contributed by atoms with Crippen molar-refractivity contribution in [1.29, 1.82) is 5.26 Å². The third-order valence-corrected chi connectivity index (χ3v) is 5.32. The molecule has 25 heavy (non-hydrogen) atoms. The quantitative estimate of drug-likeness (QED) is 0.633. The highest BCUT2D eigenvalue weighted by atomic mass is 32.1. The van der Waals surface area contributed by atoms with E-state index in [1.54, 1.807) is 17.4 Å². The third kappa shape index (κ3) is 3.30. The Morgan fingerprint density at radius 1 is 1.52 bits per heavy atom. The second-order valence-electron chi connectivity index (χ2n) is 6.09. The molecule has 4 heterocycles. The van der Waals surface area contributed by atoms with Crippen molar-refractivity contribution < 1.29 is 4.74 Å². The van der Waals surface area contributed by atoms with E-state index in [0.717, 1.165) is 42.9 Å². The van der Waals surface area contributed by atoms with Gasteiger partial charge in [-0.3, -0.25) is 4.98 Å². The van der Waals surface area contributed by atoms with Crippen LogP contribution >= 0.6 is 11.3 Å². The maximum Gasteiger partial charge on any atom is 0.116 e. The molecule has 0 aromatic carbocycles. The lowest BCUT2D eigenvalue weighted by Gasteiger charge is -2.26. The number of fused-ring (bicyclic) bond motifs is 3. The van der Waals surface area contributed by atoms with Gasteiger partial charge in [-0.1, -0.05) is 13.0 Å². The Kier molecular flexibility index (Phi) is 5.47. The van der Waals surface area contributed by atoms with Crippen LogP contribution in [-0.2, 0) is 4.74 Å². The number of ether oxygens (including phenoxy) is 1. The molecule has 3 aromatic heterocycles. The summed E-state index contributed by atoms with van der Waals surface area (Å²) >= 11 is 1.74. The number of hydrogen-bond acceptors (Lipinski definition) is 5. The molecule has 0 spiro atoms. The van der Waals surface area contributed by atoms with Crippen molar-refractivity contribution in [3.8, 4) is 6.07 Å². The number of allylic oxidation sites excluding steroid dienone is 1. The van der Waals surface area contributed by atoms with Crippen LogP contribution < -0.4 is 0 Å². The summed E-state index contributed by atoms with van der Waals surface area (Å²) in [5.74, 6) is 1.28. The molecule has 2 atom stereocenters. The number of hydrogen-bond donors (Lipinski definition) is 0. The lowest BCUT2D eigenvalue weighted by molar-refractivity contribution is 0.0595. The van der Waals surface area contributed by atoms with E-state index in [4.69, 9.17) is 15.0 Å². The number of nitriles is 1. The fourth-order valence-electron chi connectivity index (χ4n) is 3.22. The topological polar surface area (TPSA) is 63.7 Å². The zero-order valence-electron chi connectivity index (χ0n) is 14.6. The number of thiophene rings is 1. The van der Waals surface area contributed by atoms with E-state index in [9.17, 15) is 0 Å². The number of aromatic nitrogens is 3. The molecule has 0 N–H and O–H groups in total. The number of pyridine rings is 1. The van der Waals surface area contributed by atoms with E-state index in [-0.39, 0.29) is 5.92 Å². The molecule has 5 nitrogen and oxygen atoms in total. The Morgan fingerprint density at radius 2 is 2.32 bits per heavy atom. The average molecular weight is 354 g/mol. The van der Waals surface area contributed by atoms with Crippen LogP contribution in [0.25, 0.3) is 21.3 Å². The lowest BCUT2D eigenvalue weighted by Crippen LogP contribution is -2.23. The molecule has 1 aliphatic rings. The van der Waals surface area contributed by atoms with Crippen molar-refractivity contribution in [3.05, 3.63) is 36.1 Å². The molecule has 1 aliphatic heterocycles. The molecule has 1 saturated heterocycles. The second-order valence-corrected chi connectivity index (χ2v) is 7.00. The Labute approximate surface area is 151 Å². The number of rotatable bonds is 3. The van der Waals surface area contributed by atoms with E-state index in [0.29, 0.717) is 6.04 Å². The van der Waals surface area contributed by atoms with Crippen LogP contribution in [-0.4, -0.2) is 27.7 Å². The first-order chi connectivity index (χ1) is 12.2. The van der Waals surface area contributed by atoms with Crippen LogP contribution in [0.15, 0.2) is 30.3 Å². The fraction of sp³-hybridized carbons (Fsp3) is 0.421. The van der Waals surface area contributed by atoms with Crippen molar-refractivity contribution in [3.63, 3.8) is 0 Å². The van der Waals surface area contributed by atoms with Crippen molar-refractivity contribution in [2.75, 3.05) is 13.2 Å². The number of imidazole rings is 1. The Bertz CT molecular complexity index is 915. The van der Waals surface area contributed by atoms with E-state index < -0.39 is 0 Å². The molecule has 1 unspecified atom stereocenters. The Hall–Kier alpha value is -2.23. The lowest BCUT2D eigenvalue weighted by atomic mass is 10.1. The maximum absolute atomic E-state index is 7.32. The van der Waals surface area contributed by atoms with E-state index in [1.807, 2.05) is 12.3 Å². The third-order valence-electron chi connectivity index (χ3n) is 4.41. The summed E-state index contributed by atoms with van der Waals surface area (Å²) in [5.41, 5.74) is 3.23. The van der Waals surface area contributed by atoms with Gasteiger partial charge in [0.05, 0.1) is 40.6 Å². The summed E-state index contributed by atoms with van der Waals surface area (Å²) in [4.78, 5) is 9.40. The van der Waals surface area contributed by atoms with Gasteiger partial charge < -0.3 is 9.30 Å². The minimum absolute atomic E-state index is 0.212. The minimum atomic E-state index is 0.212. The Balaban J connectivity index is 0.000000569. The van der Waals surface area contributed by atoms with Gasteiger partial charge in [0.15, 0.2) is 0 Å². The fourth-order valence-corrected chi connectivity index (χ4v) is 4.11. The normalized spacial score (nSPS) is 18.4. The van der Waals surface area contributed by atoms with Crippen molar-refractivity contribution in [2.45, 2.75) is 38.6 Å². The summed E-state index contributed by atoms with van der Waals surface area (Å²) in [5, 5.41) is 9.42. The highest BCUT2D eigenvalue weighted by molar-refractivity contribution is 7.18. The van der Waals surface area contributed by atoms with Gasteiger partial charge in [0, 0.05) is 19.4 Å². The minimum Gasteiger partial charge on any atom is -0.379 e. The molecule has 0 amide bonds. The summed E-state index contributed by atoms with van der Waals surface area (Å²) in [7, 11) is 0. The van der Waals surface area contributed by atoms with Crippen LogP contribution in [0.2, 0.25) is 0 Å². The van der Waals surface area contributed by atoms with Gasteiger partial charge in [-0.05, 0) is 24.3 Å². The van der Waals surface area contributed by atoms with Gasteiger partial charge in [0.2, 0.25) is 0 Å². The van der Waals surface area contributed by atoms with E-state index in [2.05, 4.69) is 34.5 Å². The molecule has 1 fully saturated rings. The summed E-state index contributed by atoms with van der Waals surface area (Å²) in [6.45, 7) is 9.15.